The highest BCUT2D eigenvalue weighted by molar-refractivity contribution is 8.00. The SMILES string of the molecule is CCOC(=O)c1sc(NC(=O)CSc2ncnc3scc(-c4ccc(C)cc4)c23)c(C(=O)OCC)c1C. The van der Waals surface area contributed by atoms with Gasteiger partial charge in [0.25, 0.3) is 0 Å². The first kappa shape index (κ1) is 26.8. The molecule has 0 aliphatic heterocycles. The second-order valence-electron chi connectivity index (χ2n) is 7.91. The Morgan fingerprint density at radius 1 is 1.00 bits per heavy atom. The van der Waals surface area contributed by atoms with E-state index in [9.17, 15) is 14.4 Å². The molecule has 4 rings (SSSR count). The summed E-state index contributed by atoms with van der Waals surface area (Å²) in [6.07, 6.45) is 1.49. The van der Waals surface area contributed by atoms with E-state index in [1.807, 2.05) is 12.3 Å². The molecule has 0 radical (unpaired) electrons. The van der Waals surface area contributed by atoms with Gasteiger partial charge in [0.15, 0.2) is 0 Å². The maximum atomic E-state index is 13.0. The normalized spacial score (nSPS) is 10.9. The molecule has 1 aromatic carbocycles. The number of aromatic nitrogens is 2. The fourth-order valence-electron chi connectivity index (χ4n) is 3.64. The number of ether oxygens (including phenoxy) is 2. The molecule has 0 aliphatic carbocycles. The molecular weight excluding hydrogens is 531 g/mol. The zero-order valence-electron chi connectivity index (χ0n) is 20.7. The monoisotopic (exact) mass is 555 g/mol. The van der Waals surface area contributed by atoms with Gasteiger partial charge in [0.2, 0.25) is 5.91 Å². The van der Waals surface area contributed by atoms with Crippen molar-refractivity contribution in [3.05, 3.63) is 57.5 Å². The smallest absolute Gasteiger partial charge is 0.348 e. The highest BCUT2D eigenvalue weighted by Gasteiger charge is 2.27. The Morgan fingerprint density at radius 2 is 1.70 bits per heavy atom. The molecule has 3 heterocycles. The van der Waals surface area contributed by atoms with Crippen LogP contribution in [0, 0.1) is 13.8 Å². The van der Waals surface area contributed by atoms with Crippen LogP contribution >= 0.6 is 34.4 Å². The number of carbonyl (C=O) groups excluding carboxylic acids is 3. The Labute approximate surface area is 226 Å². The van der Waals surface area contributed by atoms with Crippen molar-refractivity contribution in [1.82, 2.24) is 9.97 Å². The number of fused-ring (bicyclic) bond motifs is 1. The molecule has 0 fully saturated rings. The van der Waals surface area contributed by atoms with Crippen LogP contribution in [0.4, 0.5) is 5.00 Å². The van der Waals surface area contributed by atoms with Crippen molar-refractivity contribution in [2.45, 2.75) is 32.7 Å². The quantitative estimate of drug-likeness (QED) is 0.150. The summed E-state index contributed by atoms with van der Waals surface area (Å²) in [5.41, 5.74) is 3.82. The Hall–Kier alpha value is -3.28. The van der Waals surface area contributed by atoms with Gasteiger partial charge < -0.3 is 14.8 Å². The summed E-state index contributed by atoms with van der Waals surface area (Å²) in [4.78, 5) is 47.9. The zero-order valence-corrected chi connectivity index (χ0v) is 23.2. The number of nitrogens with one attached hydrogen (secondary N) is 1. The minimum absolute atomic E-state index is 0.0449. The highest BCUT2D eigenvalue weighted by atomic mass is 32.2. The summed E-state index contributed by atoms with van der Waals surface area (Å²) >= 11 is 3.81. The number of esters is 2. The molecule has 192 valence electrons. The van der Waals surface area contributed by atoms with E-state index >= 15 is 0 Å². The number of rotatable bonds is 9. The van der Waals surface area contributed by atoms with Gasteiger partial charge in [-0.05, 0) is 38.8 Å². The number of aryl methyl sites for hydroxylation is 1. The minimum atomic E-state index is -0.603. The predicted octanol–water partition coefficient (Wildman–Crippen LogP) is 6.12. The van der Waals surface area contributed by atoms with E-state index in [-0.39, 0.29) is 40.3 Å². The molecule has 37 heavy (non-hydrogen) atoms. The van der Waals surface area contributed by atoms with Crippen molar-refractivity contribution >= 4 is 67.5 Å². The van der Waals surface area contributed by atoms with Crippen LogP contribution in [-0.2, 0) is 14.3 Å². The maximum absolute atomic E-state index is 13.0. The van der Waals surface area contributed by atoms with E-state index < -0.39 is 11.9 Å². The van der Waals surface area contributed by atoms with Crippen LogP contribution in [0.2, 0.25) is 0 Å². The van der Waals surface area contributed by atoms with Crippen molar-refractivity contribution < 1.29 is 23.9 Å². The van der Waals surface area contributed by atoms with Crippen LogP contribution in [0.25, 0.3) is 21.3 Å². The lowest BCUT2D eigenvalue weighted by Crippen LogP contribution is -2.16. The van der Waals surface area contributed by atoms with Gasteiger partial charge in [0.1, 0.15) is 26.1 Å². The fraction of sp³-hybridized carbons (Fsp3) is 0.269. The van der Waals surface area contributed by atoms with Crippen molar-refractivity contribution in [2.24, 2.45) is 0 Å². The number of thioether (sulfide) groups is 1. The number of amides is 1. The van der Waals surface area contributed by atoms with Crippen LogP contribution < -0.4 is 5.32 Å². The standard InChI is InChI=1S/C26H25N3O5S3/c1-5-33-25(31)19-15(4)21(26(32)34-6-2)37-24(19)29-18(30)12-36-23-20-17(11-35-22(20)27-13-28-23)16-9-7-14(3)8-10-16/h7-11,13H,5-6,12H2,1-4H3,(H,29,30). The first-order valence-electron chi connectivity index (χ1n) is 11.5. The van der Waals surface area contributed by atoms with Crippen LogP contribution in [0.15, 0.2) is 41.0 Å². The topological polar surface area (TPSA) is 107 Å². The molecule has 1 amide bonds. The molecule has 4 aromatic rings. The van der Waals surface area contributed by atoms with Crippen molar-refractivity contribution in [3.63, 3.8) is 0 Å². The second kappa shape index (κ2) is 11.8. The largest absolute Gasteiger partial charge is 0.462 e. The van der Waals surface area contributed by atoms with Crippen LogP contribution in [0.3, 0.4) is 0 Å². The Balaban J connectivity index is 1.57. The van der Waals surface area contributed by atoms with Gasteiger partial charge in [-0.25, -0.2) is 19.6 Å². The van der Waals surface area contributed by atoms with Crippen LogP contribution in [0.1, 0.15) is 45.0 Å². The number of benzene rings is 1. The van der Waals surface area contributed by atoms with Gasteiger partial charge >= 0.3 is 11.9 Å². The van der Waals surface area contributed by atoms with Crippen molar-refractivity contribution in [2.75, 3.05) is 24.3 Å². The van der Waals surface area contributed by atoms with E-state index in [0.717, 1.165) is 32.7 Å². The lowest BCUT2D eigenvalue weighted by atomic mass is 10.1. The van der Waals surface area contributed by atoms with Crippen LogP contribution in [-0.4, -0.2) is 46.8 Å². The van der Waals surface area contributed by atoms with Gasteiger partial charge in [-0.2, -0.15) is 0 Å². The van der Waals surface area contributed by atoms with Crippen molar-refractivity contribution in [1.29, 1.82) is 0 Å². The number of hydrogen-bond acceptors (Lipinski definition) is 10. The molecule has 0 atom stereocenters. The second-order valence-corrected chi connectivity index (χ2v) is 10.8. The third-order valence-electron chi connectivity index (χ3n) is 5.38. The molecule has 3 aromatic heterocycles. The number of nitrogens with zero attached hydrogens (tertiary/aromatic N) is 2. The third-order valence-corrected chi connectivity index (χ3v) is 8.44. The van der Waals surface area contributed by atoms with E-state index in [1.165, 1.54) is 35.0 Å². The van der Waals surface area contributed by atoms with E-state index in [4.69, 9.17) is 9.47 Å². The number of carbonyl (C=O) groups is 3. The van der Waals surface area contributed by atoms with Gasteiger partial charge in [-0.1, -0.05) is 41.6 Å². The van der Waals surface area contributed by atoms with Gasteiger partial charge in [0.05, 0.1) is 29.9 Å². The predicted molar refractivity (Wildman–Crippen MR) is 148 cm³/mol. The van der Waals surface area contributed by atoms with Gasteiger partial charge in [0, 0.05) is 10.9 Å². The van der Waals surface area contributed by atoms with Gasteiger partial charge in [-0.15, -0.1) is 22.7 Å². The molecular formula is C26H25N3O5S3. The highest BCUT2D eigenvalue weighted by Crippen LogP contribution is 2.38. The summed E-state index contributed by atoms with van der Waals surface area (Å²) in [6, 6.07) is 8.22. The Bertz CT molecular complexity index is 1460. The third kappa shape index (κ3) is 5.84. The number of thiophene rings is 2. The summed E-state index contributed by atoms with van der Waals surface area (Å²) in [6.45, 7) is 7.44. The molecule has 0 unspecified atom stereocenters. The first-order valence-corrected chi connectivity index (χ1v) is 14.2. The number of hydrogen-bond donors (Lipinski definition) is 1. The number of anilines is 1. The average molecular weight is 556 g/mol. The van der Waals surface area contributed by atoms with E-state index in [2.05, 4.69) is 39.6 Å². The molecule has 0 saturated carbocycles. The lowest BCUT2D eigenvalue weighted by Gasteiger charge is -2.08. The molecule has 0 bridgehead atoms. The summed E-state index contributed by atoms with van der Waals surface area (Å²) in [7, 11) is 0. The summed E-state index contributed by atoms with van der Waals surface area (Å²) < 4.78 is 10.3. The molecule has 0 saturated heterocycles. The fourth-order valence-corrected chi connectivity index (χ4v) is 6.54. The molecule has 1 N–H and O–H groups in total. The van der Waals surface area contributed by atoms with E-state index in [1.54, 1.807) is 20.8 Å². The minimum Gasteiger partial charge on any atom is -0.462 e. The average Bonchev–Trinajstić information content (AvgIpc) is 3.45. The Kier molecular flexibility index (Phi) is 8.57. The van der Waals surface area contributed by atoms with Crippen molar-refractivity contribution in [3.8, 4) is 11.1 Å². The van der Waals surface area contributed by atoms with Gasteiger partial charge in [-0.3, -0.25) is 4.79 Å². The molecule has 0 aliphatic rings. The Morgan fingerprint density at radius 3 is 2.41 bits per heavy atom. The molecule has 0 spiro atoms. The first-order chi connectivity index (χ1) is 17.8. The summed E-state index contributed by atoms with van der Waals surface area (Å²) in [5, 5.41) is 6.68. The van der Waals surface area contributed by atoms with Crippen LogP contribution in [0.5, 0.6) is 0 Å². The van der Waals surface area contributed by atoms with E-state index in [0.29, 0.717) is 10.6 Å². The molecule has 8 nitrogen and oxygen atoms in total. The molecule has 11 heteroatoms. The zero-order chi connectivity index (χ0) is 26.5. The lowest BCUT2D eigenvalue weighted by molar-refractivity contribution is -0.113. The summed E-state index contributed by atoms with van der Waals surface area (Å²) in [5.74, 6) is -1.45. The maximum Gasteiger partial charge on any atom is 0.348 e.